The summed E-state index contributed by atoms with van der Waals surface area (Å²) in [5, 5.41) is 6.35. The van der Waals surface area contributed by atoms with Gasteiger partial charge in [-0.2, -0.15) is 4.98 Å². The molecule has 1 unspecified atom stereocenters. The number of anilines is 2. The minimum absolute atomic E-state index is 0.410. The number of nitrogens with one attached hydrogen (secondary N) is 2. The van der Waals surface area contributed by atoms with Gasteiger partial charge >= 0.3 is 0 Å². The summed E-state index contributed by atoms with van der Waals surface area (Å²) in [6.07, 6.45) is 4.44. The van der Waals surface area contributed by atoms with Gasteiger partial charge in [-0.3, -0.25) is 0 Å². The van der Waals surface area contributed by atoms with Crippen molar-refractivity contribution in [3.05, 3.63) is 12.3 Å². The highest BCUT2D eigenvalue weighted by molar-refractivity contribution is 5.39. The van der Waals surface area contributed by atoms with Crippen molar-refractivity contribution in [1.82, 2.24) is 14.9 Å². The Labute approximate surface area is 103 Å². The molecule has 0 aliphatic carbocycles. The minimum Gasteiger partial charge on any atom is -0.366 e. The second-order valence-corrected chi connectivity index (χ2v) is 4.57. The molecule has 0 bridgehead atoms. The molecule has 5 nitrogen and oxygen atoms in total. The molecule has 1 saturated heterocycles. The number of hydrogen-bond donors (Lipinski definition) is 2. The maximum absolute atomic E-state index is 4.35. The Balaban J connectivity index is 1.85. The Bertz CT molecular complexity index is 349. The monoisotopic (exact) mass is 235 g/mol. The van der Waals surface area contributed by atoms with Crippen molar-refractivity contribution in [2.75, 3.05) is 37.3 Å². The Morgan fingerprint density at radius 3 is 2.88 bits per heavy atom. The van der Waals surface area contributed by atoms with Gasteiger partial charge in [-0.25, -0.2) is 4.98 Å². The first-order valence-electron chi connectivity index (χ1n) is 6.27. The maximum atomic E-state index is 4.35. The van der Waals surface area contributed by atoms with Gasteiger partial charge in [0.05, 0.1) is 0 Å². The van der Waals surface area contributed by atoms with Gasteiger partial charge in [0.25, 0.3) is 0 Å². The third kappa shape index (κ3) is 3.56. The molecule has 5 heteroatoms. The smallest absolute Gasteiger partial charge is 0.224 e. The van der Waals surface area contributed by atoms with Crippen LogP contribution in [-0.4, -0.2) is 47.6 Å². The van der Waals surface area contributed by atoms with Gasteiger partial charge in [0.1, 0.15) is 5.82 Å². The maximum Gasteiger partial charge on any atom is 0.224 e. The molecule has 94 valence electrons. The average Bonchev–Trinajstić information content (AvgIpc) is 2.82. The fourth-order valence-electron chi connectivity index (χ4n) is 2.21. The predicted molar refractivity (Wildman–Crippen MR) is 70.3 cm³/mol. The Morgan fingerprint density at radius 1 is 1.41 bits per heavy atom. The van der Waals surface area contributed by atoms with E-state index in [1.54, 1.807) is 6.20 Å². The number of nitrogens with zero attached hydrogens (tertiary/aromatic N) is 3. The molecule has 2 N–H and O–H groups in total. The van der Waals surface area contributed by atoms with Crippen LogP contribution < -0.4 is 10.6 Å². The van der Waals surface area contributed by atoms with Crippen LogP contribution in [0.1, 0.15) is 19.8 Å². The SMILES string of the molecule is CNc1nccc(NC(C)CN2CCCC2)n1. The van der Waals surface area contributed by atoms with Gasteiger partial charge in [0, 0.05) is 25.8 Å². The fourth-order valence-corrected chi connectivity index (χ4v) is 2.21. The third-order valence-electron chi connectivity index (χ3n) is 3.00. The van der Waals surface area contributed by atoms with Gasteiger partial charge in [0.15, 0.2) is 0 Å². The largest absolute Gasteiger partial charge is 0.366 e. The van der Waals surface area contributed by atoms with Crippen molar-refractivity contribution in [2.24, 2.45) is 0 Å². The van der Waals surface area contributed by atoms with E-state index in [1.165, 1.54) is 25.9 Å². The van der Waals surface area contributed by atoms with Gasteiger partial charge in [0.2, 0.25) is 5.95 Å². The van der Waals surface area contributed by atoms with E-state index in [4.69, 9.17) is 0 Å². The zero-order chi connectivity index (χ0) is 12.1. The van der Waals surface area contributed by atoms with E-state index in [0.717, 1.165) is 12.4 Å². The number of aromatic nitrogens is 2. The van der Waals surface area contributed by atoms with Crippen LogP contribution in [0.2, 0.25) is 0 Å². The molecule has 0 spiro atoms. The first-order valence-corrected chi connectivity index (χ1v) is 6.27. The van der Waals surface area contributed by atoms with Crippen molar-refractivity contribution >= 4 is 11.8 Å². The predicted octanol–water partition coefficient (Wildman–Crippen LogP) is 1.41. The molecule has 0 amide bonds. The summed E-state index contributed by atoms with van der Waals surface area (Å²) in [7, 11) is 1.83. The third-order valence-corrected chi connectivity index (χ3v) is 3.00. The van der Waals surface area contributed by atoms with Crippen LogP contribution >= 0.6 is 0 Å². The van der Waals surface area contributed by atoms with E-state index in [0.29, 0.717) is 12.0 Å². The lowest BCUT2D eigenvalue weighted by atomic mass is 10.3. The molecule has 1 atom stereocenters. The van der Waals surface area contributed by atoms with Gasteiger partial charge in [-0.1, -0.05) is 0 Å². The van der Waals surface area contributed by atoms with Crippen molar-refractivity contribution in [3.63, 3.8) is 0 Å². The molecule has 1 aromatic heterocycles. The molecule has 1 aromatic rings. The molecule has 1 fully saturated rings. The summed E-state index contributed by atoms with van der Waals surface area (Å²) >= 11 is 0. The van der Waals surface area contributed by atoms with Crippen LogP contribution in [0.15, 0.2) is 12.3 Å². The van der Waals surface area contributed by atoms with Crippen LogP contribution in [0.4, 0.5) is 11.8 Å². The highest BCUT2D eigenvalue weighted by Gasteiger charge is 2.14. The standard InChI is InChI=1S/C12H21N5/c1-10(9-17-7-3-4-8-17)15-11-5-6-14-12(13-2)16-11/h5-6,10H,3-4,7-9H2,1-2H3,(H2,13,14,15,16). The summed E-state index contributed by atoms with van der Waals surface area (Å²) in [5.41, 5.74) is 0. The number of hydrogen-bond acceptors (Lipinski definition) is 5. The van der Waals surface area contributed by atoms with E-state index < -0.39 is 0 Å². The van der Waals surface area contributed by atoms with Crippen LogP contribution in [0.5, 0.6) is 0 Å². The van der Waals surface area contributed by atoms with E-state index in [9.17, 15) is 0 Å². The van der Waals surface area contributed by atoms with Crippen molar-refractivity contribution in [3.8, 4) is 0 Å². The van der Waals surface area contributed by atoms with Crippen molar-refractivity contribution in [1.29, 1.82) is 0 Å². The molecular formula is C12H21N5. The minimum atomic E-state index is 0.410. The molecule has 1 aliphatic rings. The summed E-state index contributed by atoms with van der Waals surface area (Å²) in [6, 6.07) is 2.31. The first kappa shape index (κ1) is 12.1. The van der Waals surface area contributed by atoms with E-state index in [-0.39, 0.29) is 0 Å². The molecule has 0 aromatic carbocycles. The lowest BCUT2D eigenvalue weighted by molar-refractivity contribution is 0.327. The highest BCUT2D eigenvalue weighted by atomic mass is 15.2. The molecule has 2 heterocycles. The molecular weight excluding hydrogens is 214 g/mol. The van der Waals surface area contributed by atoms with E-state index >= 15 is 0 Å². The topological polar surface area (TPSA) is 53.1 Å². The van der Waals surface area contributed by atoms with Crippen LogP contribution in [-0.2, 0) is 0 Å². The second kappa shape index (κ2) is 5.82. The normalized spacial score (nSPS) is 18.0. The van der Waals surface area contributed by atoms with E-state index in [1.807, 2.05) is 13.1 Å². The Morgan fingerprint density at radius 2 is 2.18 bits per heavy atom. The van der Waals surface area contributed by atoms with Gasteiger partial charge in [-0.05, 0) is 38.9 Å². The summed E-state index contributed by atoms with van der Waals surface area (Å²) in [4.78, 5) is 10.9. The Kier molecular flexibility index (Phi) is 4.14. The molecule has 1 aliphatic heterocycles. The van der Waals surface area contributed by atoms with E-state index in [2.05, 4.69) is 32.4 Å². The highest BCUT2D eigenvalue weighted by Crippen LogP contribution is 2.11. The first-order chi connectivity index (χ1) is 8.28. The fraction of sp³-hybridized carbons (Fsp3) is 0.667. The molecule has 0 radical (unpaired) electrons. The lowest BCUT2D eigenvalue weighted by Gasteiger charge is -2.21. The quantitative estimate of drug-likeness (QED) is 0.808. The summed E-state index contributed by atoms with van der Waals surface area (Å²) < 4.78 is 0. The molecule has 2 rings (SSSR count). The van der Waals surface area contributed by atoms with Gasteiger partial charge in [-0.15, -0.1) is 0 Å². The van der Waals surface area contributed by atoms with Crippen molar-refractivity contribution < 1.29 is 0 Å². The average molecular weight is 235 g/mol. The summed E-state index contributed by atoms with van der Waals surface area (Å²) in [6.45, 7) is 5.74. The Hall–Kier alpha value is -1.36. The van der Waals surface area contributed by atoms with Gasteiger partial charge < -0.3 is 15.5 Å². The summed E-state index contributed by atoms with van der Waals surface area (Å²) in [5.74, 6) is 1.54. The van der Waals surface area contributed by atoms with Crippen LogP contribution in [0.25, 0.3) is 0 Å². The zero-order valence-electron chi connectivity index (χ0n) is 10.6. The second-order valence-electron chi connectivity index (χ2n) is 4.57. The van der Waals surface area contributed by atoms with Crippen LogP contribution in [0.3, 0.4) is 0 Å². The lowest BCUT2D eigenvalue weighted by Crippen LogP contribution is -2.33. The number of likely N-dealkylation sites (tertiary alicyclic amines) is 1. The molecule has 17 heavy (non-hydrogen) atoms. The molecule has 0 saturated carbocycles. The van der Waals surface area contributed by atoms with Crippen LogP contribution in [0, 0.1) is 0 Å². The number of rotatable bonds is 5. The van der Waals surface area contributed by atoms with Crippen molar-refractivity contribution in [2.45, 2.75) is 25.8 Å². The zero-order valence-corrected chi connectivity index (χ0v) is 10.6.